The number of nitrogens with one attached hydrogen (secondary N) is 2. The number of carbonyl (C=O) groups excluding carboxylic acids is 1. The van der Waals surface area contributed by atoms with Crippen molar-refractivity contribution < 1.29 is 9.72 Å². The first-order chi connectivity index (χ1) is 13.9. The van der Waals surface area contributed by atoms with Crippen molar-refractivity contribution in [3.63, 3.8) is 0 Å². The summed E-state index contributed by atoms with van der Waals surface area (Å²) in [5.41, 5.74) is 4.52. The van der Waals surface area contributed by atoms with Crippen LogP contribution in [0.1, 0.15) is 28.3 Å². The van der Waals surface area contributed by atoms with E-state index in [1.807, 2.05) is 49.4 Å². The van der Waals surface area contributed by atoms with Crippen LogP contribution in [0.5, 0.6) is 0 Å². The van der Waals surface area contributed by atoms with Crippen molar-refractivity contribution in [2.75, 3.05) is 11.9 Å². The van der Waals surface area contributed by atoms with Gasteiger partial charge in [0.05, 0.1) is 17.5 Å². The molecule has 148 valence electrons. The second kappa shape index (κ2) is 9.12. The quantitative estimate of drug-likeness (QED) is 0.459. The Morgan fingerprint density at radius 2 is 1.62 bits per heavy atom. The van der Waals surface area contributed by atoms with Gasteiger partial charge in [0.15, 0.2) is 0 Å². The Morgan fingerprint density at radius 1 is 0.966 bits per heavy atom. The number of amides is 1. The summed E-state index contributed by atoms with van der Waals surface area (Å²) in [6.45, 7) is 3.87. The number of hydrogen-bond acceptors (Lipinski definition) is 4. The maximum absolute atomic E-state index is 12.5. The fraction of sp³-hybridized carbons (Fsp3) is 0.174. The first-order valence-electron chi connectivity index (χ1n) is 9.34. The van der Waals surface area contributed by atoms with Crippen LogP contribution in [0.15, 0.2) is 72.8 Å². The number of nitro benzene ring substituents is 1. The van der Waals surface area contributed by atoms with Crippen LogP contribution in [0.25, 0.3) is 0 Å². The maximum atomic E-state index is 12.5. The molecule has 2 N–H and O–H groups in total. The fourth-order valence-electron chi connectivity index (χ4n) is 3.12. The standard InChI is InChI=1S/C23H23N3O3/c1-16-8-10-19(11-9-16)23(18-6-4-3-5-7-18)24-15-22(27)25-21-13-12-20(26(28)29)14-17(21)2/h3-14,23-24H,15H2,1-2H3,(H,25,27)/t23-/m0/s1. The number of nitro groups is 1. The summed E-state index contributed by atoms with van der Waals surface area (Å²) in [7, 11) is 0. The van der Waals surface area contributed by atoms with Gasteiger partial charge in [0, 0.05) is 17.8 Å². The summed E-state index contributed by atoms with van der Waals surface area (Å²) in [5.74, 6) is -0.213. The Balaban J connectivity index is 1.71. The molecule has 0 aliphatic rings. The van der Waals surface area contributed by atoms with Crippen molar-refractivity contribution >= 4 is 17.3 Å². The van der Waals surface area contributed by atoms with Gasteiger partial charge in [0.1, 0.15) is 0 Å². The van der Waals surface area contributed by atoms with E-state index in [4.69, 9.17) is 0 Å². The van der Waals surface area contributed by atoms with Gasteiger partial charge in [-0.15, -0.1) is 0 Å². The monoisotopic (exact) mass is 389 g/mol. The molecular formula is C23H23N3O3. The zero-order valence-electron chi connectivity index (χ0n) is 16.4. The van der Waals surface area contributed by atoms with E-state index >= 15 is 0 Å². The third kappa shape index (κ3) is 5.27. The smallest absolute Gasteiger partial charge is 0.269 e. The van der Waals surface area contributed by atoms with E-state index in [9.17, 15) is 14.9 Å². The average Bonchev–Trinajstić information content (AvgIpc) is 2.71. The lowest BCUT2D eigenvalue weighted by Crippen LogP contribution is -2.32. The highest BCUT2D eigenvalue weighted by atomic mass is 16.6. The molecule has 3 rings (SSSR count). The molecule has 0 heterocycles. The summed E-state index contributed by atoms with van der Waals surface area (Å²) in [6, 6.07) is 22.4. The Bertz CT molecular complexity index is 1000. The Kier molecular flexibility index (Phi) is 6.36. The predicted molar refractivity (Wildman–Crippen MR) is 114 cm³/mol. The number of nitrogens with zero attached hydrogens (tertiary/aromatic N) is 1. The van der Waals surface area contributed by atoms with Gasteiger partial charge >= 0.3 is 0 Å². The van der Waals surface area contributed by atoms with E-state index in [2.05, 4.69) is 22.8 Å². The molecule has 0 radical (unpaired) electrons. The minimum Gasteiger partial charge on any atom is -0.325 e. The second-order valence-electron chi connectivity index (χ2n) is 6.94. The van der Waals surface area contributed by atoms with Crippen LogP contribution in [-0.4, -0.2) is 17.4 Å². The number of carbonyl (C=O) groups is 1. The van der Waals surface area contributed by atoms with E-state index in [-0.39, 0.29) is 24.2 Å². The van der Waals surface area contributed by atoms with Gasteiger partial charge in [-0.3, -0.25) is 20.2 Å². The van der Waals surface area contributed by atoms with Crippen LogP contribution in [0.3, 0.4) is 0 Å². The van der Waals surface area contributed by atoms with Crippen LogP contribution >= 0.6 is 0 Å². The van der Waals surface area contributed by atoms with Crippen molar-refractivity contribution in [1.29, 1.82) is 0 Å². The van der Waals surface area contributed by atoms with Crippen LogP contribution in [0, 0.1) is 24.0 Å². The molecule has 3 aromatic carbocycles. The lowest BCUT2D eigenvalue weighted by Gasteiger charge is -2.20. The predicted octanol–water partition coefficient (Wildman–Crippen LogP) is 4.53. The van der Waals surface area contributed by atoms with Gasteiger partial charge in [-0.05, 0) is 36.6 Å². The zero-order valence-corrected chi connectivity index (χ0v) is 16.4. The van der Waals surface area contributed by atoms with Crippen LogP contribution < -0.4 is 10.6 Å². The van der Waals surface area contributed by atoms with Gasteiger partial charge in [0.25, 0.3) is 5.69 Å². The molecule has 3 aromatic rings. The molecule has 1 amide bonds. The third-order valence-corrected chi connectivity index (χ3v) is 4.71. The second-order valence-corrected chi connectivity index (χ2v) is 6.94. The van der Waals surface area contributed by atoms with Gasteiger partial charge < -0.3 is 5.32 Å². The number of non-ortho nitro benzene ring substituents is 1. The number of rotatable bonds is 7. The lowest BCUT2D eigenvalue weighted by molar-refractivity contribution is -0.384. The summed E-state index contributed by atoms with van der Waals surface area (Å²) in [5, 5.41) is 17.0. The molecule has 29 heavy (non-hydrogen) atoms. The first-order valence-corrected chi connectivity index (χ1v) is 9.34. The normalized spacial score (nSPS) is 11.7. The van der Waals surface area contributed by atoms with Gasteiger partial charge in [-0.25, -0.2) is 0 Å². The molecule has 0 aromatic heterocycles. The SMILES string of the molecule is Cc1ccc([C@@H](NCC(=O)Nc2ccc([N+](=O)[O-])cc2C)c2ccccc2)cc1. The summed E-state index contributed by atoms with van der Waals surface area (Å²) >= 11 is 0. The minimum atomic E-state index is -0.452. The Morgan fingerprint density at radius 3 is 2.24 bits per heavy atom. The largest absolute Gasteiger partial charge is 0.325 e. The van der Waals surface area contributed by atoms with Crippen molar-refractivity contribution in [3.05, 3.63) is 105 Å². The van der Waals surface area contributed by atoms with Crippen LogP contribution in [0.4, 0.5) is 11.4 Å². The highest BCUT2D eigenvalue weighted by Gasteiger charge is 2.16. The number of hydrogen-bond donors (Lipinski definition) is 2. The van der Waals surface area contributed by atoms with Crippen molar-refractivity contribution in [2.24, 2.45) is 0 Å². The first kappa shape index (κ1) is 20.2. The molecule has 0 aliphatic heterocycles. The zero-order chi connectivity index (χ0) is 20.8. The van der Waals surface area contributed by atoms with E-state index in [1.165, 1.54) is 17.7 Å². The van der Waals surface area contributed by atoms with Gasteiger partial charge in [-0.1, -0.05) is 60.2 Å². The Labute approximate surface area is 169 Å². The van der Waals surface area contributed by atoms with E-state index in [1.54, 1.807) is 13.0 Å². The molecule has 0 aliphatic carbocycles. The van der Waals surface area contributed by atoms with Crippen molar-refractivity contribution in [3.8, 4) is 0 Å². The Hall–Kier alpha value is -3.51. The number of aryl methyl sites for hydroxylation is 2. The van der Waals surface area contributed by atoms with Gasteiger partial charge in [0.2, 0.25) is 5.91 Å². The molecule has 6 heteroatoms. The highest BCUT2D eigenvalue weighted by Crippen LogP contribution is 2.23. The topological polar surface area (TPSA) is 84.3 Å². The van der Waals surface area contributed by atoms with E-state index in [0.29, 0.717) is 11.3 Å². The number of anilines is 1. The van der Waals surface area contributed by atoms with Crippen LogP contribution in [-0.2, 0) is 4.79 Å². The molecule has 6 nitrogen and oxygen atoms in total. The number of benzene rings is 3. The maximum Gasteiger partial charge on any atom is 0.269 e. The molecule has 0 saturated carbocycles. The van der Waals surface area contributed by atoms with Crippen molar-refractivity contribution in [1.82, 2.24) is 5.32 Å². The summed E-state index contributed by atoms with van der Waals surface area (Å²) < 4.78 is 0. The summed E-state index contributed by atoms with van der Waals surface area (Å²) in [6.07, 6.45) is 0. The van der Waals surface area contributed by atoms with Gasteiger partial charge in [-0.2, -0.15) is 0 Å². The molecule has 0 unspecified atom stereocenters. The third-order valence-electron chi connectivity index (χ3n) is 4.71. The van der Waals surface area contributed by atoms with E-state index < -0.39 is 4.92 Å². The molecule has 0 saturated heterocycles. The highest BCUT2D eigenvalue weighted by molar-refractivity contribution is 5.93. The molecule has 0 fully saturated rings. The molecule has 0 spiro atoms. The van der Waals surface area contributed by atoms with E-state index in [0.717, 1.165) is 11.1 Å². The minimum absolute atomic E-state index is 0.00198. The van der Waals surface area contributed by atoms with Crippen LogP contribution in [0.2, 0.25) is 0 Å². The fourth-order valence-corrected chi connectivity index (χ4v) is 3.12. The van der Waals surface area contributed by atoms with Crippen molar-refractivity contribution in [2.45, 2.75) is 19.9 Å². The molecule has 1 atom stereocenters. The summed E-state index contributed by atoms with van der Waals surface area (Å²) in [4.78, 5) is 22.9. The molecular weight excluding hydrogens is 366 g/mol. The lowest BCUT2D eigenvalue weighted by atomic mass is 9.98. The average molecular weight is 389 g/mol. The molecule has 0 bridgehead atoms.